The molecule has 1 aliphatic carbocycles. The van der Waals surface area contributed by atoms with Crippen LogP contribution in [0.25, 0.3) is 0 Å². The average Bonchev–Trinajstić information content (AvgIpc) is 2.93. The highest BCUT2D eigenvalue weighted by Gasteiger charge is 2.46. The molecule has 0 nitrogen and oxygen atoms in total. The molecule has 1 aromatic rings. The minimum atomic E-state index is 0.272. The molecule has 1 fully saturated rings. The Balaban J connectivity index is 2.15. The first-order valence-electron chi connectivity index (χ1n) is 5.43. The second-order valence-electron chi connectivity index (χ2n) is 4.74. The minimum absolute atomic E-state index is 0.272. The second-order valence-corrected chi connectivity index (χ2v) is 5.80. The van der Waals surface area contributed by atoms with E-state index in [1.807, 2.05) is 6.07 Å². The monoisotopic (exact) mass is 242 g/mol. The summed E-state index contributed by atoms with van der Waals surface area (Å²) in [4.78, 5) is 0. The summed E-state index contributed by atoms with van der Waals surface area (Å²) in [5, 5.41) is 1.12. The van der Waals surface area contributed by atoms with Crippen LogP contribution >= 0.6 is 23.2 Å². The topological polar surface area (TPSA) is 0 Å². The Labute approximate surface area is 102 Å². The van der Waals surface area contributed by atoms with Gasteiger partial charge in [-0.15, -0.1) is 11.6 Å². The summed E-state index contributed by atoms with van der Waals surface area (Å²) >= 11 is 12.2. The molecule has 82 valence electrons. The quantitative estimate of drug-likeness (QED) is 0.680. The van der Waals surface area contributed by atoms with Crippen molar-refractivity contribution in [3.63, 3.8) is 0 Å². The Bertz CT molecular complexity index is 365. The SMILES string of the molecule is Cc1cc(CC2(C(C)Cl)CC2)ccc1Cl. The smallest absolute Gasteiger partial charge is 0.0435 e. The third kappa shape index (κ3) is 2.32. The molecule has 0 amide bonds. The lowest BCUT2D eigenvalue weighted by Gasteiger charge is -2.18. The number of aryl methyl sites for hydroxylation is 1. The molecule has 1 unspecified atom stereocenters. The summed E-state index contributed by atoms with van der Waals surface area (Å²) in [5.74, 6) is 0. The normalized spacial score (nSPS) is 20.0. The van der Waals surface area contributed by atoms with Crippen LogP contribution in [0.2, 0.25) is 5.02 Å². The summed E-state index contributed by atoms with van der Waals surface area (Å²) in [7, 11) is 0. The summed E-state index contributed by atoms with van der Waals surface area (Å²) in [6, 6.07) is 6.29. The van der Waals surface area contributed by atoms with E-state index >= 15 is 0 Å². The first-order valence-corrected chi connectivity index (χ1v) is 6.24. The maximum atomic E-state index is 6.23. The number of hydrogen-bond donors (Lipinski definition) is 0. The summed E-state index contributed by atoms with van der Waals surface area (Å²) in [6.45, 7) is 4.16. The van der Waals surface area contributed by atoms with Crippen LogP contribution in [-0.4, -0.2) is 5.38 Å². The fourth-order valence-electron chi connectivity index (χ4n) is 2.10. The molecule has 15 heavy (non-hydrogen) atoms. The van der Waals surface area contributed by atoms with Gasteiger partial charge in [-0.3, -0.25) is 0 Å². The van der Waals surface area contributed by atoms with Gasteiger partial charge in [0.05, 0.1) is 0 Å². The van der Waals surface area contributed by atoms with Crippen molar-refractivity contribution in [3.05, 3.63) is 34.3 Å². The van der Waals surface area contributed by atoms with Crippen molar-refractivity contribution in [1.29, 1.82) is 0 Å². The van der Waals surface area contributed by atoms with Gasteiger partial charge in [-0.05, 0) is 55.7 Å². The maximum Gasteiger partial charge on any atom is 0.0435 e. The van der Waals surface area contributed by atoms with Crippen molar-refractivity contribution in [2.45, 2.75) is 38.5 Å². The van der Waals surface area contributed by atoms with Gasteiger partial charge in [0.2, 0.25) is 0 Å². The van der Waals surface area contributed by atoms with E-state index in [0.29, 0.717) is 5.41 Å². The highest BCUT2D eigenvalue weighted by atomic mass is 35.5. The van der Waals surface area contributed by atoms with E-state index in [-0.39, 0.29) is 5.38 Å². The van der Waals surface area contributed by atoms with Crippen molar-refractivity contribution in [2.24, 2.45) is 5.41 Å². The molecule has 1 saturated carbocycles. The molecule has 1 aliphatic rings. The zero-order chi connectivity index (χ0) is 11.1. The predicted octanol–water partition coefficient (Wildman–Crippen LogP) is 4.60. The number of benzene rings is 1. The molecule has 0 spiro atoms. The van der Waals surface area contributed by atoms with Gasteiger partial charge in [0.25, 0.3) is 0 Å². The molecule has 0 heterocycles. The van der Waals surface area contributed by atoms with Gasteiger partial charge in [0.15, 0.2) is 0 Å². The lowest BCUT2D eigenvalue weighted by Crippen LogP contribution is -2.15. The lowest BCUT2D eigenvalue weighted by atomic mass is 9.93. The molecule has 0 radical (unpaired) electrons. The van der Waals surface area contributed by atoms with Gasteiger partial charge in [-0.25, -0.2) is 0 Å². The van der Waals surface area contributed by atoms with Crippen LogP contribution in [0, 0.1) is 12.3 Å². The van der Waals surface area contributed by atoms with Gasteiger partial charge < -0.3 is 0 Å². The minimum Gasteiger partial charge on any atom is -0.123 e. The molecule has 1 aromatic carbocycles. The Morgan fingerprint density at radius 1 is 1.40 bits per heavy atom. The van der Waals surface area contributed by atoms with E-state index in [1.54, 1.807) is 0 Å². The van der Waals surface area contributed by atoms with E-state index in [2.05, 4.69) is 26.0 Å². The van der Waals surface area contributed by atoms with Crippen molar-refractivity contribution < 1.29 is 0 Å². The van der Waals surface area contributed by atoms with Gasteiger partial charge in [-0.1, -0.05) is 23.7 Å². The molecule has 2 rings (SSSR count). The van der Waals surface area contributed by atoms with Crippen LogP contribution in [0.15, 0.2) is 18.2 Å². The Morgan fingerprint density at radius 3 is 2.53 bits per heavy atom. The summed E-state index contributed by atoms with van der Waals surface area (Å²) < 4.78 is 0. The molecule has 0 saturated heterocycles. The number of rotatable bonds is 3. The van der Waals surface area contributed by atoms with Crippen LogP contribution in [0.4, 0.5) is 0 Å². The van der Waals surface area contributed by atoms with E-state index in [9.17, 15) is 0 Å². The maximum absolute atomic E-state index is 6.23. The molecular formula is C13H16Cl2. The fraction of sp³-hybridized carbons (Fsp3) is 0.538. The van der Waals surface area contributed by atoms with Gasteiger partial charge in [0.1, 0.15) is 0 Å². The zero-order valence-electron chi connectivity index (χ0n) is 9.19. The van der Waals surface area contributed by atoms with Gasteiger partial charge in [0, 0.05) is 10.4 Å². The van der Waals surface area contributed by atoms with Crippen LogP contribution in [0.5, 0.6) is 0 Å². The average molecular weight is 243 g/mol. The van der Waals surface area contributed by atoms with E-state index in [0.717, 1.165) is 17.0 Å². The number of alkyl halides is 1. The fourth-order valence-corrected chi connectivity index (χ4v) is 2.51. The van der Waals surface area contributed by atoms with Crippen molar-refractivity contribution in [1.82, 2.24) is 0 Å². The molecule has 0 aliphatic heterocycles. The molecule has 0 N–H and O–H groups in total. The zero-order valence-corrected chi connectivity index (χ0v) is 10.7. The molecular weight excluding hydrogens is 227 g/mol. The van der Waals surface area contributed by atoms with Crippen LogP contribution in [0.3, 0.4) is 0 Å². The molecule has 0 bridgehead atoms. The summed E-state index contributed by atoms with van der Waals surface area (Å²) in [5.41, 5.74) is 2.89. The standard InChI is InChI=1S/C13H16Cl2/c1-9-7-11(3-4-12(9)15)8-13(5-6-13)10(2)14/h3-4,7,10H,5-6,8H2,1-2H3. The third-order valence-electron chi connectivity index (χ3n) is 3.51. The van der Waals surface area contributed by atoms with Crippen LogP contribution < -0.4 is 0 Å². The van der Waals surface area contributed by atoms with Crippen molar-refractivity contribution in [2.75, 3.05) is 0 Å². The largest absolute Gasteiger partial charge is 0.123 e. The Hall–Kier alpha value is -0.200. The Kier molecular flexibility index (Phi) is 3.00. The number of halogens is 2. The van der Waals surface area contributed by atoms with E-state index in [4.69, 9.17) is 23.2 Å². The van der Waals surface area contributed by atoms with E-state index < -0.39 is 0 Å². The van der Waals surface area contributed by atoms with Crippen molar-refractivity contribution >= 4 is 23.2 Å². The van der Waals surface area contributed by atoms with Gasteiger partial charge >= 0.3 is 0 Å². The van der Waals surface area contributed by atoms with Crippen LogP contribution in [0.1, 0.15) is 30.9 Å². The first-order chi connectivity index (χ1) is 7.03. The Morgan fingerprint density at radius 2 is 2.07 bits per heavy atom. The molecule has 1 atom stereocenters. The second kappa shape index (κ2) is 3.99. The highest BCUT2D eigenvalue weighted by Crippen LogP contribution is 2.53. The summed E-state index contributed by atoms with van der Waals surface area (Å²) in [6.07, 6.45) is 3.62. The van der Waals surface area contributed by atoms with E-state index in [1.165, 1.54) is 18.4 Å². The van der Waals surface area contributed by atoms with Crippen molar-refractivity contribution in [3.8, 4) is 0 Å². The highest BCUT2D eigenvalue weighted by molar-refractivity contribution is 6.31. The molecule has 2 heteroatoms. The third-order valence-corrected chi connectivity index (χ3v) is 4.40. The first kappa shape index (κ1) is 11.3. The predicted molar refractivity (Wildman–Crippen MR) is 66.9 cm³/mol. The van der Waals surface area contributed by atoms with Crippen LogP contribution in [-0.2, 0) is 6.42 Å². The molecule has 0 aromatic heterocycles. The van der Waals surface area contributed by atoms with Gasteiger partial charge in [-0.2, -0.15) is 0 Å². The number of hydrogen-bond acceptors (Lipinski definition) is 0. The lowest BCUT2D eigenvalue weighted by molar-refractivity contribution is 0.496.